The SMILES string of the molecule is Cc1cc(C)cc(NC(=O)CCCC(=O)Nc2cc(C)cc(C)c2)c1. The Hall–Kier alpha value is -2.62. The van der Waals surface area contributed by atoms with Crippen LogP contribution in [0.25, 0.3) is 0 Å². The van der Waals surface area contributed by atoms with E-state index in [2.05, 4.69) is 22.8 Å². The largest absolute Gasteiger partial charge is 0.326 e. The van der Waals surface area contributed by atoms with Gasteiger partial charge in [0.05, 0.1) is 0 Å². The highest BCUT2D eigenvalue weighted by Gasteiger charge is 2.07. The summed E-state index contributed by atoms with van der Waals surface area (Å²) in [5.41, 5.74) is 6.07. The maximum absolute atomic E-state index is 12.0. The van der Waals surface area contributed by atoms with Crippen LogP contribution in [0.3, 0.4) is 0 Å². The Bertz CT molecular complexity index is 675. The molecule has 0 aliphatic rings. The molecule has 2 amide bonds. The Kier molecular flexibility index (Phi) is 6.34. The van der Waals surface area contributed by atoms with Crippen LogP contribution in [0.1, 0.15) is 41.5 Å². The molecule has 4 heteroatoms. The van der Waals surface area contributed by atoms with Crippen LogP contribution in [0.5, 0.6) is 0 Å². The van der Waals surface area contributed by atoms with Crippen molar-refractivity contribution in [3.05, 3.63) is 58.7 Å². The van der Waals surface area contributed by atoms with Gasteiger partial charge >= 0.3 is 0 Å². The van der Waals surface area contributed by atoms with E-state index >= 15 is 0 Å². The number of carbonyl (C=O) groups is 2. The topological polar surface area (TPSA) is 58.2 Å². The second kappa shape index (κ2) is 8.47. The summed E-state index contributed by atoms with van der Waals surface area (Å²) in [4.78, 5) is 24.0. The lowest BCUT2D eigenvalue weighted by molar-refractivity contribution is -0.117. The molecule has 2 aromatic carbocycles. The van der Waals surface area contributed by atoms with Crippen LogP contribution in [0.2, 0.25) is 0 Å². The number of benzene rings is 2. The van der Waals surface area contributed by atoms with Crippen LogP contribution in [0.4, 0.5) is 11.4 Å². The van der Waals surface area contributed by atoms with Crippen LogP contribution in [0.15, 0.2) is 36.4 Å². The number of nitrogens with one attached hydrogen (secondary N) is 2. The van der Waals surface area contributed by atoms with E-state index in [1.807, 2.05) is 52.0 Å². The average Bonchev–Trinajstić information content (AvgIpc) is 2.44. The van der Waals surface area contributed by atoms with E-state index in [1.54, 1.807) is 0 Å². The number of hydrogen-bond donors (Lipinski definition) is 2. The number of anilines is 2. The molecule has 0 spiro atoms. The molecule has 4 nitrogen and oxygen atoms in total. The minimum Gasteiger partial charge on any atom is -0.326 e. The molecule has 2 rings (SSSR count). The van der Waals surface area contributed by atoms with Crippen molar-refractivity contribution >= 4 is 23.2 Å². The third kappa shape index (κ3) is 6.42. The summed E-state index contributed by atoms with van der Waals surface area (Å²) in [6, 6.07) is 11.9. The van der Waals surface area contributed by atoms with Crippen LogP contribution in [0, 0.1) is 27.7 Å². The summed E-state index contributed by atoms with van der Waals surface area (Å²) >= 11 is 0. The fourth-order valence-electron chi connectivity index (χ4n) is 2.95. The zero-order chi connectivity index (χ0) is 18.4. The van der Waals surface area contributed by atoms with E-state index in [0.29, 0.717) is 19.3 Å². The van der Waals surface area contributed by atoms with E-state index < -0.39 is 0 Å². The first-order valence-corrected chi connectivity index (χ1v) is 8.58. The molecule has 2 N–H and O–H groups in total. The van der Waals surface area contributed by atoms with Crippen molar-refractivity contribution in [2.75, 3.05) is 10.6 Å². The molecule has 0 aliphatic heterocycles. The molecule has 0 unspecified atom stereocenters. The van der Waals surface area contributed by atoms with Crippen LogP contribution >= 0.6 is 0 Å². The normalized spacial score (nSPS) is 10.4. The molecule has 0 aromatic heterocycles. The van der Waals surface area contributed by atoms with Crippen molar-refractivity contribution in [1.82, 2.24) is 0 Å². The molecule has 0 atom stereocenters. The minimum atomic E-state index is -0.0656. The van der Waals surface area contributed by atoms with Gasteiger partial charge < -0.3 is 10.6 Å². The van der Waals surface area contributed by atoms with Gasteiger partial charge in [-0.05, 0) is 80.6 Å². The molecule has 0 bridgehead atoms. The van der Waals surface area contributed by atoms with Crippen molar-refractivity contribution in [3.8, 4) is 0 Å². The van der Waals surface area contributed by atoms with E-state index in [-0.39, 0.29) is 11.8 Å². The summed E-state index contributed by atoms with van der Waals surface area (Å²) in [6.45, 7) is 8.00. The van der Waals surface area contributed by atoms with Crippen molar-refractivity contribution in [3.63, 3.8) is 0 Å². The fourth-order valence-corrected chi connectivity index (χ4v) is 2.95. The smallest absolute Gasteiger partial charge is 0.224 e. The number of hydrogen-bond acceptors (Lipinski definition) is 2. The Morgan fingerprint density at radius 1 is 0.640 bits per heavy atom. The maximum atomic E-state index is 12.0. The number of rotatable bonds is 6. The molecule has 0 fully saturated rings. The van der Waals surface area contributed by atoms with Crippen LogP contribution in [-0.2, 0) is 9.59 Å². The second-order valence-corrected chi connectivity index (χ2v) is 6.70. The lowest BCUT2D eigenvalue weighted by atomic mass is 10.1. The second-order valence-electron chi connectivity index (χ2n) is 6.70. The Labute approximate surface area is 149 Å². The molecule has 0 saturated heterocycles. The summed E-state index contributed by atoms with van der Waals surface area (Å²) in [5, 5.41) is 5.78. The first kappa shape index (κ1) is 18.7. The van der Waals surface area contributed by atoms with E-state index in [4.69, 9.17) is 0 Å². The molecule has 132 valence electrons. The number of aryl methyl sites for hydroxylation is 4. The van der Waals surface area contributed by atoms with Crippen LogP contribution < -0.4 is 10.6 Å². The van der Waals surface area contributed by atoms with Crippen LogP contribution in [-0.4, -0.2) is 11.8 Å². The van der Waals surface area contributed by atoms with E-state index in [9.17, 15) is 9.59 Å². The molecular formula is C21H26N2O2. The summed E-state index contributed by atoms with van der Waals surface area (Å²) in [5.74, 6) is -0.131. The summed E-state index contributed by atoms with van der Waals surface area (Å²) in [6.07, 6.45) is 1.17. The Balaban J connectivity index is 1.77. The zero-order valence-electron chi connectivity index (χ0n) is 15.4. The predicted octanol–water partition coefficient (Wildman–Crippen LogP) is 4.67. The summed E-state index contributed by atoms with van der Waals surface area (Å²) in [7, 11) is 0. The van der Waals surface area contributed by atoms with Gasteiger partial charge in [-0.15, -0.1) is 0 Å². The number of carbonyl (C=O) groups excluding carboxylic acids is 2. The third-order valence-corrected chi connectivity index (χ3v) is 3.82. The third-order valence-electron chi connectivity index (χ3n) is 3.82. The standard InChI is InChI=1S/C21H26N2O2/c1-14-8-15(2)11-18(10-14)22-20(24)6-5-7-21(25)23-19-12-16(3)9-17(4)13-19/h8-13H,5-7H2,1-4H3,(H,22,24)(H,23,25). The molecule has 0 aliphatic carbocycles. The van der Waals surface area contributed by atoms with Gasteiger partial charge in [0.25, 0.3) is 0 Å². The first-order valence-electron chi connectivity index (χ1n) is 8.58. The summed E-state index contributed by atoms with van der Waals surface area (Å²) < 4.78 is 0. The quantitative estimate of drug-likeness (QED) is 0.804. The predicted molar refractivity (Wildman–Crippen MR) is 103 cm³/mol. The average molecular weight is 338 g/mol. The molecular weight excluding hydrogens is 312 g/mol. The molecule has 0 heterocycles. The van der Waals surface area contributed by atoms with Crippen molar-refractivity contribution in [2.24, 2.45) is 0 Å². The molecule has 2 aromatic rings. The highest BCUT2D eigenvalue weighted by Crippen LogP contribution is 2.16. The minimum absolute atomic E-state index is 0.0656. The van der Waals surface area contributed by atoms with Crippen molar-refractivity contribution in [2.45, 2.75) is 47.0 Å². The molecule has 0 radical (unpaired) electrons. The van der Waals surface area contributed by atoms with Gasteiger partial charge in [0.2, 0.25) is 11.8 Å². The van der Waals surface area contributed by atoms with Crippen molar-refractivity contribution < 1.29 is 9.59 Å². The number of amides is 2. The van der Waals surface area contributed by atoms with E-state index in [0.717, 1.165) is 33.6 Å². The van der Waals surface area contributed by atoms with Gasteiger partial charge in [-0.3, -0.25) is 9.59 Å². The monoisotopic (exact) mass is 338 g/mol. The Morgan fingerprint density at radius 3 is 1.28 bits per heavy atom. The van der Waals surface area contributed by atoms with Gasteiger partial charge in [0.1, 0.15) is 0 Å². The van der Waals surface area contributed by atoms with Gasteiger partial charge in [0, 0.05) is 24.2 Å². The lowest BCUT2D eigenvalue weighted by Gasteiger charge is -2.09. The molecule has 0 saturated carbocycles. The van der Waals surface area contributed by atoms with Crippen molar-refractivity contribution in [1.29, 1.82) is 0 Å². The maximum Gasteiger partial charge on any atom is 0.224 e. The van der Waals surface area contributed by atoms with Gasteiger partial charge in [-0.1, -0.05) is 12.1 Å². The van der Waals surface area contributed by atoms with Gasteiger partial charge in [0.15, 0.2) is 0 Å². The highest BCUT2D eigenvalue weighted by molar-refractivity contribution is 5.93. The van der Waals surface area contributed by atoms with Gasteiger partial charge in [-0.2, -0.15) is 0 Å². The van der Waals surface area contributed by atoms with Gasteiger partial charge in [-0.25, -0.2) is 0 Å². The molecule has 25 heavy (non-hydrogen) atoms. The van der Waals surface area contributed by atoms with E-state index in [1.165, 1.54) is 0 Å². The highest BCUT2D eigenvalue weighted by atomic mass is 16.2. The first-order chi connectivity index (χ1) is 11.8. The lowest BCUT2D eigenvalue weighted by Crippen LogP contribution is -2.15. The Morgan fingerprint density at radius 2 is 0.960 bits per heavy atom. The zero-order valence-corrected chi connectivity index (χ0v) is 15.4. The fraction of sp³-hybridized carbons (Fsp3) is 0.333.